The molecule has 0 aliphatic rings. The molecule has 0 aliphatic carbocycles. The van der Waals surface area contributed by atoms with E-state index in [4.69, 9.17) is 11.6 Å². The van der Waals surface area contributed by atoms with Gasteiger partial charge in [0.2, 0.25) is 0 Å². The van der Waals surface area contributed by atoms with Gasteiger partial charge in [0.25, 0.3) is 0 Å². The third-order valence-electron chi connectivity index (χ3n) is 2.65. The summed E-state index contributed by atoms with van der Waals surface area (Å²) >= 11 is 13.5. The fourth-order valence-electron chi connectivity index (χ4n) is 1.75. The van der Waals surface area contributed by atoms with Crippen LogP contribution in [0.5, 0.6) is 0 Å². The Morgan fingerprint density at radius 1 is 1.05 bits per heavy atom. The first kappa shape index (κ1) is 14.4. The number of rotatable bonds is 2. The third-order valence-corrected chi connectivity index (χ3v) is 5.89. The first-order valence-electron chi connectivity index (χ1n) is 5.69. The van der Waals surface area contributed by atoms with Crippen molar-refractivity contribution in [2.45, 2.75) is 0 Å². The maximum atomic E-state index is 6.26. The van der Waals surface area contributed by atoms with Gasteiger partial charge in [0.05, 0.1) is 17.9 Å². The Bertz CT molecular complexity index is 761. The van der Waals surface area contributed by atoms with Crippen LogP contribution in [-0.4, -0.2) is 9.97 Å². The van der Waals surface area contributed by atoms with E-state index in [0.717, 1.165) is 23.5 Å². The van der Waals surface area contributed by atoms with Gasteiger partial charge in [0.15, 0.2) is 5.82 Å². The predicted molar refractivity (Wildman–Crippen MR) is 96.2 cm³/mol. The van der Waals surface area contributed by atoms with Crippen LogP contribution in [0.4, 0.5) is 0 Å². The van der Waals surface area contributed by atoms with Crippen LogP contribution in [0.2, 0.25) is 5.15 Å². The Morgan fingerprint density at radius 2 is 1.80 bits per heavy atom. The summed E-state index contributed by atoms with van der Waals surface area (Å²) in [6.45, 7) is 0. The second-order valence-corrected chi connectivity index (χ2v) is 7.87. The second-order valence-electron chi connectivity index (χ2n) is 3.97. The molecule has 2 aromatic heterocycles. The Balaban J connectivity index is 2.18. The maximum Gasteiger partial charge on any atom is 0.171 e. The van der Waals surface area contributed by atoms with E-state index in [1.165, 1.54) is 0 Å². The maximum absolute atomic E-state index is 6.26. The van der Waals surface area contributed by atoms with Crippen LogP contribution in [0.25, 0.3) is 22.0 Å². The van der Waals surface area contributed by atoms with Crippen LogP contribution in [0, 0.1) is 3.57 Å². The van der Waals surface area contributed by atoms with E-state index in [9.17, 15) is 0 Å². The van der Waals surface area contributed by atoms with Gasteiger partial charge >= 0.3 is 0 Å². The summed E-state index contributed by atoms with van der Waals surface area (Å²) in [4.78, 5) is 10.0. The molecule has 20 heavy (non-hydrogen) atoms. The Kier molecular flexibility index (Phi) is 4.40. The van der Waals surface area contributed by atoms with Gasteiger partial charge in [0.1, 0.15) is 5.15 Å². The molecule has 0 aliphatic heterocycles. The molecule has 0 saturated carbocycles. The van der Waals surface area contributed by atoms with Gasteiger partial charge in [-0.3, -0.25) is 0 Å². The van der Waals surface area contributed by atoms with Crippen LogP contribution in [0.1, 0.15) is 0 Å². The topological polar surface area (TPSA) is 25.8 Å². The van der Waals surface area contributed by atoms with Crippen molar-refractivity contribution in [3.05, 3.63) is 55.0 Å². The van der Waals surface area contributed by atoms with E-state index in [2.05, 4.69) is 48.5 Å². The van der Waals surface area contributed by atoms with E-state index in [1.54, 1.807) is 11.3 Å². The van der Waals surface area contributed by atoms with E-state index in [-0.39, 0.29) is 0 Å². The average molecular weight is 478 g/mol. The van der Waals surface area contributed by atoms with E-state index in [1.807, 2.05) is 42.5 Å². The van der Waals surface area contributed by atoms with Gasteiger partial charge < -0.3 is 0 Å². The third kappa shape index (κ3) is 2.90. The molecule has 2 heterocycles. The first-order chi connectivity index (χ1) is 9.65. The minimum absolute atomic E-state index is 0.485. The van der Waals surface area contributed by atoms with Crippen LogP contribution in [-0.2, 0) is 0 Å². The van der Waals surface area contributed by atoms with Crippen LogP contribution in [0.15, 0.2) is 46.3 Å². The molecule has 1 aromatic carbocycles. The highest BCUT2D eigenvalue weighted by molar-refractivity contribution is 14.1. The number of hydrogen-bond acceptors (Lipinski definition) is 3. The van der Waals surface area contributed by atoms with Crippen molar-refractivity contribution in [3.63, 3.8) is 0 Å². The Morgan fingerprint density at radius 3 is 2.45 bits per heavy atom. The summed E-state index contributed by atoms with van der Waals surface area (Å²) in [7, 11) is 0. The lowest BCUT2D eigenvalue weighted by Gasteiger charge is -2.07. The molecule has 0 saturated heterocycles. The van der Waals surface area contributed by atoms with Crippen molar-refractivity contribution in [1.82, 2.24) is 9.97 Å². The molecule has 0 fully saturated rings. The lowest BCUT2D eigenvalue weighted by Crippen LogP contribution is -1.96. The number of benzene rings is 1. The lowest BCUT2D eigenvalue weighted by atomic mass is 10.1. The van der Waals surface area contributed by atoms with Crippen molar-refractivity contribution in [2.75, 3.05) is 0 Å². The smallest absolute Gasteiger partial charge is 0.171 e. The summed E-state index contributed by atoms with van der Waals surface area (Å²) in [6.07, 6.45) is 0. The monoisotopic (exact) mass is 476 g/mol. The van der Waals surface area contributed by atoms with Crippen molar-refractivity contribution < 1.29 is 0 Å². The molecular weight excluding hydrogens is 470 g/mol. The minimum atomic E-state index is 0.485. The summed E-state index contributed by atoms with van der Waals surface area (Å²) < 4.78 is 1.92. The molecule has 3 rings (SSSR count). The molecule has 100 valence electrons. The number of hydrogen-bond donors (Lipinski definition) is 0. The fraction of sp³-hybridized carbons (Fsp3) is 0. The molecule has 0 N–H and O–H groups in total. The highest BCUT2D eigenvalue weighted by Gasteiger charge is 2.14. The van der Waals surface area contributed by atoms with Gasteiger partial charge in [-0.15, -0.1) is 11.3 Å². The normalized spacial score (nSPS) is 10.8. The van der Waals surface area contributed by atoms with Crippen molar-refractivity contribution in [1.29, 1.82) is 0 Å². The number of aromatic nitrogens is 2. The molecule has 0 bridgehead atoms. The van der Waals surface area contributed by atoms with Gasteiger partial charge in [-0.1, -0.05) is 41.9 Å². The van der Waals surface area contributed by atoms with Crippen molar-refractivity contribution in [2.24, 2.45) is 0 Å². The van der Waals surface area contributed by atoms with Gasteiger partial charge in [-0.05, 0) is 50.7 Å². The molecule has 0 atom stereocenters. The first-order valence-corrected chi connectivity index (χ1v) is 8.76. The van der Waals surface area contributed by atoms with Crippen molar-refractivity contribution >= 4 is 61.5 Å². The molecule has 0 unspecified atom stereocenters. The zero-order valence-electron chi connectivity index (χ0n) is 9.98. The van der Waals surface area contributed by atoms with Gasteiger partial charge in [-0.2, -0.15) is 0 Å². The molecule has 6 heteroatoms. The molecular formula is C14H7BrClIN2S. The van der Waals surface area contributed by atoms with Crippen LogP contribution in [0.3, 0.4) is 0 Å². The number of thiophene rings is 1. The predicted octanol–water partition coefficient (Wildman–Crippen LogP) is 5.89. The Labute approximate surface area is 147 Å². The van der Waals surface area contributed by atoms with Crippen LogP contribution >= 0.6 is 61.5 Å². The average Bonchev–Trinajstić information content (AvgIpc) is 2.89. The van der Waals surface area contributed by atoms with E-state index in [0.29, 0.717) is 11.0 Å². The fourth-order valence-corrected chi connectivity index (χ4v) is 3.79. The quantitative estimate of drug-likeness (QED) is 0.340. The van der Waals surface area contributed by atoms with Crippen LogP contribution < -0.4 is 0 Å². The van der Waals surface area contributed by atoms with Gasteiger partial charge in [-0.25, -0.2) is 9.97 Å². The number of halogens is 3. The SMILES string of the molecule is Clc1nc(-c2ccc(Br)s2)nc(-c2ccccc2)c1I. The van der Waals surface area contributed by atoms with E-state index >= 15 is 0 Å². The summed E-state index contributed by atoms with van der Waals surface area (Å²) in [5.74, 6) is 0.657. The zero-order valence-corrected chi connectivity index (χ0v) is 15.3. The lowest BCUT2D eigenvalue weighted by molar-refractivity contribution is 1.17. The minimum Gasteiger partial charge on any atom is -0.226 e. The molecule has 0 amide bonds. The van der Waals surface area contributed by atoms with E-state index < -0.39 is 0 Å². The summed E-state index contributed by atoms with van der Waals surface area (Å²) in [6, 6.07) is 14.0. The summed E-state index contributed by atoms with van der Waals surface area (Å²) in [5.41, 5.74) is 1.91. The summed E-state index contributed by atoms with van der Waals surface area (Å²) in [5, 5.41) is 0.485. The molecule has 2 nitrogen and oxygen atoms in total. The highest BCUT2D eigenvalue weighted by atomic mass is 127. The molecule has 0 spiro atoms. The standard InChI is InChI=1S/C14H7BrClIN2S/c15-10-7-6-9(20-10)14-18-12(11(17)13(16)19-14)8-4-2-1-3-5-8/h1-7H. The largest absolute Gasteiger partial charge is 0.226 e. The number of nitrogens with zero attached hydrogens (tertiary/aromatic N) is 2. The zero-order chi connectivity index (χ0) is 14.1. The molecule has 0 radical (unpaired) electrons. The second kappa shape index (κ2) is 6.09. The molecule has 3 aromatic rings. The Hall–Kier alpha value is -0.500. The highest BCUT2D eigenvalue weighted by Crippen LogP contribution is 2.34. The van der Waals surface area contributed by atoms with Crippen molar-refractivity contribution in [3.8, 4) is 22.0 Å². The van der Waals surface area contributed by atoms with Gasteiger partial charge in [0, 0.05) is 5.56 Å².